The van der Waals surface area contributed by atoms with Crippen LogP contribution in [0.3, 0.4) is 0 Å². The number of esters is 1. The lowest BCUT2D eigenvalue weighted by atomic mass is 9.91. The van der Waals surface area contributed by atoms with Crippen molar-refractivity contribution in [1.82, 2.24) is 0 Å². The van der Waals surface area contributed by atoms with Gasteiger partial charge in [-0.3, -0.25) is 4.79 Å². The van der Waals surface area contributed by atoms with Crippen LogP contribution in [-0.4, -0.2) is 18.4 Å². The summed E-state index contributed by atoms with van der Waals surface area (Å²) >= 11 is 0. The van der Waals surface area contributed by atoms with Crippen LogP contribution in [0.2, 0.25) is 0 Å². The van der Waals surface area contributed by atoms with E-state index in [1.807, 2.05) is 36.4 Å². The summed E-state index contributed by atoms with van der Waals surface area (Å²) in [5, 5.41) is 0. The average molecular weight is 370 g/mol. The number of unbranched alkanes of at least 4 members (excludes halogenated alkanes) is 1. The molecule has 4 rings (SSSR count). The molecular weight excluding hydrogens is 348 g/mol. The quantitative estimate of drug-likeness (QED) is 0.258. The number of benzene rings is 3. The van der Waals surface area contributed by atoms with Gasteiger partial charge in [0.2, 0.25) is 0 Å². The van der Waals surface area contributed by atoms with E-state index in [1.165, 1.54) is 5.56 Å². The lowest BCUT2D eigenvalue weighted by Crippen LogP contribution is -2.16. The molecule has 0 fully saturated rings. The smallest absolute Gasteiger partial charge is 0.339 e. The van der Waals surface area contributed by atoms with Crippen LogP contribution < -0.4 is 0 Å². The van der Waals surface area contributed by atoms with E-state index in [9.17, 15) is 9.59 Å². The van der Waals surface area contributed by atoms with Gasteiger partial charge in [0, 0.05) is 11.1 Å². The van der Waals surface area contributed by atoms with Gasteiger partial charge < -0.3 is 4.74 Å². The molecule has 0 saturated carbocycles. The molecule has 1 aliphatic rings. The van der Waals surface area contributed by atoms with Gasteiger partial charge in [-0.25, -0.2) is 4.79 Å². The first-order chi connectivity index (χ1) is 13.7. The molecule has 0 saturated heterocycles. The van der Waals surface area contributed by atoms with Crippen LogP contribution in [0.5, 0.6) is 0 Å². The summed E-state index contributed by atoms with van der Waals surface area (Å²) in [6.45, 7) is 2.42. The molecule has 1 aliphatic carbocycles. The normalized spacial score (nSPS) is 11.6. The van der Waals surface area contributed by atoms with Crippen molar-refractivity contribution in [3.63, 3.8) is 0 Å². The van der Waals surface area contributed by atoms with E-state index >= 15 is 0 Å². The summed E-state index contributed by atoms with van der Waals surface area (Å²) in [5.74, 6) is -0.556. The van der Waals surface area contributed by atoms with Gasteiger partial charge in [0.25, 0.3) is 0 Å². The molecule has 28 heavy (non-hydrogen) atoms. The maximum atomic E-state index is 13.2. The minimum absolute atomic E-state index is 0.151. The SMILES string of the molecule is CCCCOC(=O)c1c(C(=O)c2ccccc2)ccc2c1Cc1ccccc1-2. The lowest BCUT2D eigenvalue weighted by molar-refractivity contribution is 0.0496. The van der Waals surface area contributed by atoms with E-state index in [0.29, 0.717) is 29.7 Å². The van der Waals surface area contributed by atoms with Crippen molar-refractivity contribution in [2.24, 2.45) is 0 Å². The standard InChI is InChI=1S/C25H22O3/c1-2-3-15-28-25(27)23-21(24(26)17-9-5-4-6-10-17)14-13-20-19-12-8-7-11-18(19)16-22(20)23/h4-14H,2-3,15-16H2,1H3. The van der Waals surface area contributed by atoms with Crippen LogP contribution in [0.25, 0.3) is 11.1 Å². The Labute approximate surface area is 165 Å². The third-order valence-corrected chi connectivity index (χ3v) is 5.20. The lowest BCUT2D eigenvalue weighted by Gasteiger charge is -2.14. The zero-order valence-electron chi connectivity index (χ0n) is 15.9. The van der Waals surface area contributed by atoms with Crippen molar-refractivity contribution < 1.29 is 14.3 Å². The van der Waals surface area contributed by atoms with Crippen molar-refractivity contribution in [3.05, 3.63) is 94.5 Å². The van der Waals surface area contributed by atoms with Crippen LogP contribution >= 0.6 is 0 Å². The van der Waals surface area contributed by atoms with Crippen molar-refractivity contribution in [2.45, 2.75) is 26.2 Å². The zero-order valence-corrected chi connectivity index (χ0v) is 15.9. The van der Waals surface area contributed by atoms with E-state index in [2.05, 4.69) is 19.1 Å². The topological polar surface area (TPSA) is 43.4 Å². The van der Waals surface area contributed by atoms with Gasteiger partial charge in [0.15, 0.2) is 5.78 Å². The fraction of sp³-hybridized carbons (Fsp3) is 0.200. The summed E-state index contributed by atoms with van der Waals surface area (Å²) in [6.07, 6.45) is 2.39. The van der Waals surface area contributed by atoms with Gasteiger partial charge in [0.05, 0.1) is 12.2 Å². The highest BCUT2D eigenvalue weighted by atomic mass is 16.5. The Bertz CT molecular complexity index is 1030. The van der Waals surface area contributed by atoms with Gasteiger partial charge in [-0.15, -0.1) is 0 Å². The molecule has 0 aliphatic heterocycles. The van der Waals surface area contributed by atoms with Crippen molar-refractivity contribution >= 4 is 11.8 Å². The molecule has 3 nitrogen and oxygen atoms in total. The Morgan fingerprint density at radius 1 is 0.893 bits per heavy atom. The second-order valence-corrected chi connectivity index (χ2v) is 7.03. The minimum atomic E-state index is -0.405. The summed E-state index contributed by atoms with van der Waals surface area (Å²) in [7, 11) is 0. The number of hydrogen-bond acceptors (Lipinski definition) is 3. The Balaban J connectivity index is 1.82. The second kappa shape index (κ2) is 7.81. The Kier molecular flexibility index (Phi) is 5.07. The minimum Gasteiger partial charge on any atom is -0.462 e. The van der Waals surface area contributed by atoms with E-state index in [-0.39, 0.29) is 5.78 Å². The van der Waals surface area contributed by atoms with E-state index in [1.54, 1.807) is 18.2 Å². The molecule has 0 N–H and O–H groups in total. The molecule has 3 heteroatoms. The van der Waals surface area contributed by atoms with Crippen molar-refractivity contribution in [3.8, 4) is 11.1 Å². The molecule has 0 atom stereocenters. The van der Waals surface area contributed by atoms with Crippen molar-refractivity contribution in [2.75, 3.05) is 6.61 Å². The first-order valence-electron chi connectivity index (χ1n) is 9.71. The molecular formula is C25H22O3. The molecule has 0 heterocycles. The predicted octanol–water partition coefficient (Wildman–Crippen LogP) is 5.45. The van der Waals surface area contributed by atoms with E-state index in [0.717, 1.165) is 29.5 Å². The maximum absolute atomic E-state index is 13.2. The molecule has 3 aromatic rings. The summed E-state index contributed by atoms with van der Waals surface area (Å²) < 4.78 is 5.53. The summed E-state index contributed by atoms with van der Waals surface area (Å²) in [5.41, 5.74) is 5.61. The number of carbonyl (C=O) groups is 2. The molecule has 140 valence electrons. The molecule has 0 spiro atoms. The highest BCUT2D eigenvalue weighted by Gasteiger charge is 2.29. The molecule has 0 bridgehead atoms. The maximum Gasteiger partial charge on any atom is 0.339 e. The van der Waals surface area contributed by atoms with Gasteiger partial charge >= 0.3 is 5.97 Å². The Hall–Kier alpha value is -3.20. The molecule has 3 aromatic carbocycles. The molecule has 0 aromatic heterocycles. The van der Waals surface area contributed by atoms with Gasteiger partial charge in [-0.05, 0) is 41.2 Å². The van der Waals surface area contributed by atoms with Gasteiger partial charge in [-0.2, -0.15) is 0 Å². The van der Waals surface area contributed by atoms with Crippen LogP contribution in [0.15, 0.2) is 66.7 Å². The first-order valence-corrected chi connectivity index (χ1v) is 9.71. The van der Waals surface area contributed by atoms with Crippen LogP contribution in [0.4, 0.5) is 0 Å². The molecule has 0 radical (unpaired) electrons. The fourth-order valence-electron chi connectivity index (χ4n) is 3.76. The highest BCUT2D eigenvalue weighted by Crippen LogP contribution is 2.40. The third-order valence-electron chi connectivity index (χ3n) is 5.20. The van der Waals surface area contributed by atoms with Gasteiger partial charge in [-0.1, -0.05) is 74.0 Å². The Morgan fingerprint density at radius 2 is 1.64 bits per heavy atom. The first kappa shape index (κ1) is 18.2. The number of fused-ring (bicyclic) bond motifs is 3. The summed E-state index contributed by atoms with van der Waals surface area (Å²) in [4.78, 5) is 26.2. The number of ketones is 1. The van der Waals surface area contributed by atoms with Crippen LogP contribution in [-0.2, 0) is 11.2 Å². The number of carbonyl (C=O) groups excluding carboxylic acids is 2. The summed E-state index contributed by atoms with van der Waals surface area (Å²) in [6, 6.07) is 20.9. The number of rotatable bonds is 6. The second-order valence-electron chi connectivity index (χ2n) is 7.03. The van der Waals surface area contributed by atoms with Crippen LogP contribution in [0, 0.1) is 0 Å². The monoisotopic (exact) mass is 370 g/mol. The Morgan fingerprint density at radius 3 is 2.43 bits per heavy atom. The number of ether oxygens (including phenoxy) is 1. The highest BCUT2D eigenvalue weighted by molar-refractivity contribution is 6.16. The largest absolute Gasteiger partial charge is 0.462 e. The van der Waals surface area contributed by atoms with Gasteiger partial charge in [0.1, 0.15) is 0 Å². The van der Waals surface area contributed by atoms with Crippen LogP contribution in [0.1, 0.15) is 57.2 Å². The fourth-order valence-corrected chi connectivity index (χ4v) is 3.76. The third kappa shape index (κ3) is 3.24. The van der Waals surface area contributed by atoms with Crippen molar-refractivity contribution in [1.29, 1.82) is 0 Å². The zero-order chi connectivity index (χ0) is 19.5. The molecule has 0 amide bonds. The van der Waals surface area contributed by atoms with E-state index in [4.69, 9.17) is 4.74 Å². The predicted molar refractivity (Wildman–Crippen MR) is 110 cm³/mol. The average Bonchev–Trinajstić information content (AvgIpc) is 3.12. The van der Waals surface area contributed by atoms with E-state index < -0.39 is 5.97 Å². The molecule has 0 unspecified atom stereocenters. The number of hydrogen-bond donors (Lipinski definition) is 0.